The van der Waals surface area contributed by atoms with Crippen LogP contribution in [0.3, 0.4) is 0 Å². The van der Waals surface area contributed by atoms with Crippen LogP contribution in [0.1, 0.15) is 13.3 Å². The van der Waals surface area contributed by atoms with Gasteiger partial charge in [-0.1, -0.05) is 6.92 Å². The van der Waals surface area contributed by atoms with Gasteiger partial charge in [0.25, 0.3) is 0 Å². The lowest BCUT2D eigenvalue weighted by Crippen LogP contribution is -2.39. The van der Waals surface area contributed by atoms with E-state index < -0.39 is 0 Å². The van der Waals surface area contributed by atoms with Gasteiger partial charge >= 0.3 is 0 Å². The molecule has 5 heteroatoms. The molecule has 0 aliphatic carbocycles. The van der Waals surface area contributed by atoms with E-state index in [4.69, 9.17) is 0 Å². The monoisotopic (exact) mass is 288 g/mol. The van der Waals surface area contributed by atoms with Crippen LogP contribution < -0.4 is 0 Å². The SMILES string of the molecule is CCC(O)CN(C)CCN(C)CCN(C)CCN(C)C. The normalized spacial score (nSPS) is 13.9. The molecule has 0 aliphatic heterocycles. The van der Waals surface area contributed by atoms with Gasteiger partial charge in [-0.3, -0.25) is 0 Å². The molecule has 1 unspecified atom stereocenters. The number of aliphatic hydroxyl groups is 1. The Hall–Kier alpha value is -0.200. The molecule has 0 saturated carbocycles. The molecule has 0 heterocycles. The third kappa shape index (κ3) is 11.6. The van der Waals surface area contributed by atoms with Gasteiger partial charge in [0.2, 0.25) is 0 Å². The van der Waals surface area contributed by atoms with Gasteiger partial charge in [0.1, 0.15) is 0 Å². The van der Waals surface area contributed by atoms with E-state index in [0.29, 0.717) is 0 Å². The van der Waals surface area contributed by atoms with Gasteiger partial charge in [-0.15, -0.1) is 0 Å². The average molecular weight is 288 g/mol. The molecule has 0 aromatic carbocycles. The van der Waals surface area contributed by atoms with Crippen molar-refractivity contribution in [2.75, 3.05) is 81.1 Å². The minimum atomic E-state index is -0.192. The van der Waals surface area contributed by atoms with Crippen LogP contribution in [-0.4, -0.2) is 112 Å². The van der Waals surface area contributed by atoms with Gasteiger partial charge in [0.15, 0.2) is 0 Å². The van der Waals surface area contributed by atoms with Crippen LogP contribution in [0.5, 0.6) is 0 Å². The Morgan fingerprint density at radius 2 is 1.10 bits per heavy atom. The van der Waals surface area contributed by atoms with Gasteiger partial charge in [-0.25, -0.2) is 0 Å². The smallest absolute Gasteiger partial charge is 0.0664 e. The fourth-order valence-electron chi connectivity index (χ4n) is 1.86. The first kappa shape index (κ1) is 19.8. The summed E-state index contributed by atoms with van der Waals surface area (Å²) >= 11 is 0. The summed E-state index contributed by atoms with van der Waals surface area (Å²) in [6.07, 6.45) is 0.638. The molecule has 1 N–H and O–H groups in total. The molecule has 0 radical (unpaired) electrons. The second kappa shape index (κ2) is 11.5. The first-order chi connectivity index (χ1) is 9.35. The van der Waals surface area contributed by atoms with Crippen LogP contribution in [0.15, 0.2) is 0 Å². The maximum absolute atomic E-state index is 9.61. The minimum absolute atomic E-state index is 0.192. The molecule has 1 atom stereocenters. The van der Waals surface area contributed by atoms with Gasteiger partial charge in [0, 0.05) is 45.8 Å². The highest BCUT2D eigenvalue weighted by atomic mass is 16.3. The molecule has 0 bridgehead atoms. The number of hydrogen-bond donors (Lipinski definition) is 1. The third-order valence-electron chi connectivity index (χ3n) is 3.65. The van der Waals surface area contributed by atoms with Gasteiger partial charge in [-0.2, -0.15) is 0 Å². The van der Waals surface area contributed by atoms with E-state index in [0.717, 1.165) is 52.2 Å². The molecule has 0 aromatic heterocycles. The van der Waals surface area contributed by atoms with Crippen molar-refractivity contribution < 1.29 is 5.11 Å². The zero-order chi connectivity index (χ0) is 15.5. The number of rotatable bonds is 12. The van der Waals surface area contributed by atoms with Gasteiger partial charge in [-0.05, 0) is 41.7 Å². The lowest BCUT2D eigenvalue weighted by molar-refractivity contribution is 0.116. The maximum Gasteiger partial charge on any atom is 0.0664 e. The Bertz CT molecular complexity index is 226. The van der Waals surface area contributed by atoms with E-state index >= 15 is 0 Å². The van der Waals surface area contributed by atoms with Crippen molar-refractivity contribution in [2.45, 2.75) is 19.4 Å². The zero-order valence-corrected chi connectivity index (χ0v) is 14.5. The van der Waals surface area contributed by atoms with E-state index in [2.05, 4.69) is 54.8 Å². The maximum atomic E-state index is 9.61. The lowest BCUT2D eigenvalue weighted by Gasteiger charge is -2.25. The largest absolute Gasteiger partial charge is 0.392 e. The Balaban J connectivity index is 3.64. The van der Waals surface area contributed by atoms with Crippen molar-refractivity contribution in [3.05, 3.63) is 0 Å². The Kier molecular flexibility index (Phi) is 11.3. The van der Waals surface area contributed by atoms with Crippen molar-refractivity contribution in [2.24, 2.45) is 0 Å². The third-order valence-corrected chi connectivity index (χ3v) is 3.65. The summed E-state index contributed by atoms with van der Waals surface area (Å²) in [5, 5.41) is 9.61. The fraction of sp³-hybridized carbons (Fsp3) is 1.00. The summed E-state index contributed by atoms with van der Waals surface area (Å²) in [7, 11) is 10.7. The molecule has 0 amide bonds. The number of likely N-dealkylation sites (N-methyl/N-ethyl adjacent to an activating group) is 4. The van der Waals surface area contributed by atoms with Crippen LogP contribution >= 0.6 is 0 Å². The molecule has 0 aromatic rings. The van der Waals surface area contributed by atoms with Crippen molar-refractivity contribution in [3.63, 3.8) is 0 Å². The second-order valence-electron chi connectivity index (χ2n) is 6.23. The lowest BCUT2D eigenvalue weighted by atomic mass is 10.2. The zero-order valence-electron chi connectivity index (χ0n) is 14.5. The fourth-order valence-corrected chi connectivity index (χ4v) is 1.86. The molecular formula is C15H36N4O. The van der Waals surface area contributed by atoms with E-state index in [1.165, 1.54) is 0 Å². The molecule has 0 aliphatic rings. The molecule has 0 rings (SSSR count). The Morgan fingerprint density at radius 1 is 0.700 bits per heavy atom. The first-order valence-corrected chi connectivity index (χ1v) is 7.73. The molecule has 0 saturated heterocycles. The van der Waals surface area contributed by atoms with Crippen LogP contribution in [0, 0.1) is 0 Å². The van der Waals surface area contributed by atoms with Crippen molar-refractivity contribution in [1.82, 2.24) is 19.6 Å². The number of nitrogens with zero attached hydrogens (tertiary/aromatic N) is 4. The van der Waals surface area contributed by atoms with Gasteiger partial charge < -0.3 is 24.7 Å². The Morgan fingerprint density at radius 3 is 1.50 bits per heavy atom. The first-order valence-electron chi connectivity index (χ1n) is 7.73. The summed E-state index contributed by atoms with van der Waals surface area (Å²) in [6, 6.07) is 0. The standard InChI is InChI=1S/C15H36N4O/c1-7-15(20)14-19(6)13-12-18(5)11-10-17(4)9-8-16(2)3/h15,20H,7-14H2,1-6H3. The molecule has 20 heavy (non-hydrogen) atoms. The van der Waals surface area contributed by atoms with Crippen LogP contribution in [0.25, 0.3) is 0 Å². The topological polar surface area (TPSA) is 33.2 Å². The highest BCUT2D eigenvalue weighted by Crippen LogP contribution is 1.95. The highest BCUT2D eigenvalue weighted by molar-refractivity contribution is 4.63. The van der Waals surface area contributed by atoms with E-state index in [9.17, 15) is 5.11 Å². The van der Waals surface area contributed by atoms with Crippen molar-refractivity contribution >= 4 is 0 Å². The van der Waals surface area contributed by atoms with Gasteiger partial charge in [0.05, 0.1) is 6.10 Å². The van der Waals surface area contributed by atoms with Crippen LogP contribution in [0.4, 0.5) is 0 Å². The molecular weight excluding hydrogens is 252 g/mol. The average Bonchev–Trinajstić information content (AvgIpc) is 2.40. The predicted octanol–water partition coefficient (Wildman–Crippen LogP) is 0.114. The summed E-state index contributed by atoms with van der Waals surface area (Å²) in [5.74, 6) is 0. The minimum Gasteiger partial charge on any atom is -0.392 e. The molecule has 122 valence electrons. The molecule has 0 spiro atoms. The summed E-state index contributed by atoms with van der Waals surface area (Å²) < 4.78 is 0. The quantitative estimate of drug-likeness (QED) is 0.551. The predicted molar refractivity (Wildman–Crippen MR) is 87.3 cm³/mol. The van der Waals surface area contributed by atoms with Crippen LogP contribution in [0.2, 0.25) is 0 Å². The summed E-state index contributed by atoms with van der Waals surface area (Å²) in [6.45, 7) is 9.27. The van der Waals surface area contributed by atoms with E-state index in [1.807, 2.05) is 6.92 Å². The number of hydrogen-bond acceptors (Lipinski definition) is 5. The molecule has 0 fully saturated rings. The molecule has 5 nitrogen and oxygen atoms in total. The van der Waals surface area contributed by atoms with Crippen molar-refractivity contribution in [1.29, 1.82) is 0 Å². The summed E-state index contributed by atoms with van der Waals surface area (Å²) in [5.41, 5.74) is 0. The Labute approximate surface area is 126 Å². The van der Waals surface area contributed by atoms with Crippen molar-refractivity contribution in [3.8, 4) is 0 Å². The summed E-state index contributed by atoms with van der Waals surface area (Å²) in [4.78, 5) is 9.16. The second-order valence-corrected chi connectivity index (χ2v) is 6.23. The van der Waals surface area contributed by atoms with Crippen LogP contribution in [-0.2, 0) is 0 Å². The number of aliphatic hydroxyl groups excluding tert-OH is 1. The van der Waals surface area contributed by atoms with E-state index in [1.54, 1.807) is 0 Å². The van der Waals surface area contributed by atoms with E-state index in [-0.39, 0.29) is 6.10 Å². The highest BCUT2D eigenvalue weighted by Gasteiger charge is 2.07.